The zero-order chi connectivity index (χ0) is 8.27. The molecule has 0 aliphatic heterocycles. The van der Waals surface area contributed by atoms with Gasteiger partial charge in [-0.05, 0) is 6.42 Å². The van der Waals surface area contributed by atoms with Gasteiger partial charge in [-0.3, -0.25) is 4.79 Å². The maximum atomic E-state index is 11.3. The maximum absolute atomic E-state index is 11.3. The molecule has 0 aliphatic rings. The van der Waals surface area contributed by atoms with E-state index in [0.717, 1.165) is 0 Å². The van der Waals surface area contributed by atoms with Gasteiger partial charge >= 0.3 is 0 Å². The SMILES string of the molecule is CCC(N)C(=O)c1nccs1. The number of hydrogen-bond donors (Lipinski definition) is 1. The summed E-state index contributed by atoms with van der Waals surface area (Å²) in [4.78, 5) is 15.1. The normalized spacial score (nSPS) is 12.9. The third-order valence-electron chi connectivity index (χ3n) is 1.42. The van der Waals surface area contributed by atoms with Gasteiger partial charge in [-0.25, -0.2) is 4.98 Å². The maximum Gasteiger partial charge on any atom is 0.207 e. The van der Waals surface area contributed by atoms with E-state index in [0.29, 0.717) is 11.4 Å². The van der Waals surface area contributed by atoms with Gasteiger partial charge in [-0.15, -0.1) is 11.3 Å². The Morgan fingerprint density at radius 2 is 2.64 bits per heavy atom. The highest BCUT2D eigenvalue weighted by Gasteiger charge is 2.15. The van der Waals surface area contributed by atoms with Crippen molar-refractivity contribution in [3.05, 3.63) is 16.6 Å². The van der Waals surface area contributed by atoms with Crippen LogP contribution in [-0.2, 0) is 0 Å². The highest BCUT2D eigenvalue weighted by atomic mass is 32.1. The minimum Gasteiger partial charge on any atom is -0.321 e. The number of hydrogen-bond acceptors (Lipinski definition) is 4. The molecule has 60 valence electrons. The van der Waals surface area contributed by atoms with Crippen LogP contribution in [0.4, 0.5) is 0 Å². The lowest BCUT2D eigenvalue weighted by Gasteiger charge is -2.02. The van der Waals surface area contributed by atoms with Crippen molar-refractivity contribution in [1.29, 1.82) is 0 Å². The van der Waals surface area contributed by atoms with Crippen molar-refractivity contribution in [3.8, 4) is 0 Å². The van der Waals surface area contributed by atoms with Crippen LogP contribution in [0.25, 0.3) is 0 Å². The Labute approximate surface area is 69.3 Å². The van der Waals surface area contributed by atoms with Crippen LogP contribution in [0.3, 0.4) is 0 Å². The lowest BCUT2D eigenvalue weighted by molar-refractivity contribution is 0.0959. The number of Topliss-reactive ketones (excluding diaryl/α,β-unsaturated/α-hetero) is 1. The van der Waals surface area contributed by atoms with Crippen molar-refractivity contribution in [3.63, 3.8) is 0 Å². The average molecular weight is 170 g/mol. The number of nitrogens with zero attached hydrogens (tertiary/aromatic N) is 1. The number of ketones is 1. The number of nitrogens with two attached hydrogens (primary N) is 1. The van der Waals surface area contributed by atoms with Crippen LogP contribution in [0.15, 0.2) is 11.6 Å². The molecule has 0 saturated carbocycles. The molecule has 1 heterocycles. The molecule has 1 aromatic heterocycles. The fourth-order valence-electron chi connectivity index (χ4n) is 0.689. The molecule has 1 atom stereocenters. The Morgan fingerprint density at radius 1 is 1.91 bits per heavy atom. The van der Waals surface area contributed by atoms with E-state index in [1.165, 1.54) is 11.3 Å². The van der Waals surface area contributed by atoms with Gasteiger partial charge in [-0.1, -0.05) is 6.92 Å². The molecule has 11 heavy (non-hydrogen) atoms. The number of carbonyl (C=O) groups excluding carboxylic acids is 1. The third kappa shape index (κ3) is 1.85. The van der Waals surface area contributed by atoms with Gasteiger partial charge in [0.25, 0.3) is 0 Å². The van der Waals surface area contributed by atoms with Gasteiger partial charge in [0.05, 0.1) is 6.04 Å². The van der Waals surface area contributed by atoms with E-state index < -0.39 is 0 Å². The van der Waals surface area contributed by atoms with Crippen LogP contribution in [0.5, 0.6) is 0 Å². The van der Waals surface area contributed by atoms with Gasteiger partial charge in [0.1, 0.15) is 0 Å². The molecule has 0 radical (unpaired) electrons. The first-order chi connectivity index (χ1) is 5.25. The van der Waals surface area contributed by atoms with Crippen LogP contribution in [0, 0.1) is 0 Å². The number of thiazole rings is 1. The average Bonchev–Trinajstić information content (AvgIpc) is 2.53. The summed E-state index contributed by atoms with van der Waals surface area (Å²) in [6.45, 7) is 1.89. The summed E-state index contributed by atoms with van der Waals surface area (Å²) in [6, 6.07) is -0.388. The van der Waals surface area contributed by atoms with Gasteiger partial charge < -0.3 is 5.73 Å². The van der Waals surface area contributed by atoms with E-state index in [9.17, 15) is 4.79 Å². The van der Waals surface area contributed by atoms with E-state index in [1.54, 1.807) is 11.6 Å². The number of carbonyl (C=O) groups is 1. The second kappa shape index (κ2) is 3.59. The lowest BCUT2D eigenvalue weighted by Crippen LogP contribution is -2.29. The minimum absolute atomic E-state index is 0.0532. The van der Waals surface area contributed by atoms with Crippen LogP contribution < -0.4 is 5.73 Å². The minimum atomic E-state index is -0.388. The Kier molecular flexibility index (Phi) is 2.73. The van der Waals surface area contributed by atoms with Gasteiger partial charge in [0.15, 0.2) is 5.01 Å². The van der Waals surface area contributed by atoms with Crippen molar-refractivity contribution < 1.29 is 4.79 Å². The van der Waals surface area contributed by atoms with E-state index in [-0.39, 0.29) is 11.8 Å². The molecule has 3 nitrogen and oxygen atoms in total. The van der Waals surface area contributed by atoms with Crippen LogP contribution in [0.1, 0.15) is 23.1 Å². The van der Waals surface area contributed by atoms with Crippen molar-refractivity contribution in [2.24, 2.45) is 5.73 Å². The first-order valence-electron chi connectivity index (χ1n) is 3.45. The molecule has 0 aromatic carbocycles. The largest absolute Gasteiger partial charge is 0.321 e. The molecule has 2 N–H and O–H groups in total. The summed E-state index contributed by atoms with van der Waals surface area (Å²) in [7, 11) is 0. The van der Waals surface area contributed by atoms with E-state index in [4.69, 9.17) is 5.73 Å². The molecule has 0 spiro atoms. The molecule has 0 amide bonds. The predicted molar refractivity (Wildman–Crippen MR) is 44.7 cm³/mol. The first-order valence-corrected chi connectivity index (χ1v) is 4.33. The van der Waals surface area contributed by atoms with Crippen LogP contribution in [-0.4, -0.2) is 16.8 Å². The highest BCUT2D eigenvalue weighted by Crippen LogP contribution is 2.07. The molecule has 1 rings (SSSR count). The lowest BCUT2D eigenvalue weighted by atomic mass is 10.1. The van der Waals surface area contributed by atoms with Gasteiger partial charge in [0, 0.05) is 11.6 Å². The second-order valence-electron chi connectivity index (χ2n) is 2.22. The summed E-state index contributed by atoms with van der Waals surface area (Å²) in [5.74, 6) is -0.0532. The summed E-state index contributed by atoms with van der Waals surface area (Å²) in [5, 5.41) is 2.29. The molecule has 0 fully saturated rings. The molecule has 0 saturated heterocycles. The summed E-state index contributed by atoms with van der Waals surface area (Å²) in [6.07, 6.45) is 2.28. The van der Waals surface area contributed by atoms with Crippen molar-refractivity contribution in [2.45, 2.75) is 19.4 Å². The molecule has 0 aliphatic carbocycles. The molecular formula is C7H10N2OS. The smallest absolute Gasteiger partial charge is 0.207 e. The van der Waals surface area contributed by atoms with Crippen molar-refractivity contribution >= 4 is 17.1 Å². The van der Waals surface area contributed by atoms with E-state index in [1.807, 2.05) is 6.92 Å². The van der Waals surface area contributed by atoms with E-state index >= 15 is 0 Å². The number of rotatable bonds is 3. The Hall–Kier alpha value is -0.740. The van der Waals surface area contributed by atoms with Gasteiger partial charge in [-0.2, -0.15) is 0 Å². The zero-order valence-corrected chi connectivity index (χ0v) is 7.10. The molecule has 4 heteroatoms. The molecule has 0 bridgehead atoms. The standard InChI is InChI=1S/C7H10N2OS/c1-2-5(8)6(10)7-9-3-4-11-7/h3-5H,2,8H2,1H3. The van der Waals surface area contributed by atoms with Crippen molar-refractivity contribution in [2.75, 3.05) is 0 Å². The van der Waals surface area contributed by atoms with Crippen LogP contribution >= 0.6 is 11.3 Å². The Bertz CT molecular complexity index is 233. The first kappa shape index (κ1) is 8.36. The fraction of sp³-hybridized carbons (Fsp3) is 0.429. The van der Waals surface area contributed by atoms with E-state index in [2.05, 4.69) is 4.98 Å². The monoisotopic (exact) mass is 170 g/mol. The topological polar surface area (TPSA) is 56.0 Å². The van der Waals surface area contributed by atoms with Gasteiger partial charge in [0.2, 0.25) is 5.78 Å². The van der Waals surface area contributed by atoms with Crippen molar-refractivity contribution in [1.82, 2.24) is 4.98 Å². The van der Waals surface area contributed by atoms with Crippen LogP contribution in [0.2, 0.25) is 0 Å². The molecule has 1 aromatic rings. The summed E-state index contributed by atoms with van der Waals surface area (Å²) < 4.78 is 0. The highest BCUT2D eigenvalue weighted by molar-refractivity contribution is 7.11. The zero-order valence-electron chi connectivity index (χ0n) is 6.28. The quantitative estimate of drug-likeness (QED) is 0.690. The fourth-order valence-corrected chi connectivity index (χ4v) is 1.33. The Balaban J connectivity index is 2.70. The predicted octanol–water partition coefficient (Wildman–Crippen LogP) is 1.06. The number of aromatic nitrogens is 1. The summed E-state index contributed by atoms with van der Waals surface area (Å²) in [5.41, 5.74) is 5.52. The molecule has 1 unspecified atom stereocenters. The molecular weight excluding hydrogens is 160 g/mol. The third-order valence-corrected chi connectivity index (χ3v) is 2.21. The Morgan fingerprint density at radius 3 is 3.09 bits per heavy atom. The second-order valence-corrected chi connectivity index (χ2v) is 3.11. The summed E-state index contributed by atoms with van der Waals surface area (Å²) >= 11 is 1.33.